The summed E-state index contributed by atoms with van der Waals surface area (Å²) in [5, 5.41) is 0.910. The second-order valence-electron chi connectivity index (χ2n) is 10.7. The second kappa shape index (κ2) is 10.6. The minimum atomic E-state index is 0.0520. The largest absolute Gasteiger partial charge is 0.540 e. The molecule has 4 radical (unpaired) electrons. The lowest BCUT2D eigenvalue weighted by Gasteiger charge is -2.28. The Morgan fingerprint density at radius 3 is 1.83 bits per heavy atom. The van der Waals surface area contributed by atoms with Gasteiger partial charge in [-0.15, -0.1) is 0 Å². The van der Waals surface area contributed by atoms with E-state index in [1.807, 2.05) is 24.3 Å². The molecule has 3 rings (SSSR count). The normalized spacial score (nSPS) is 12.4. The van der Waals surface area contributed by atoms with Crippen molar-refractivity contribution in [3.05, 3.63) is 42.0 Å². The number of carbonyl (C=O) groups excluding carboxylic acids is 1. The molecule has 0 fully saturated rings. The fourth-order valence-corrected chi connectivity index (χ4v) is 4.42. The molecule has 0 aliphatic rings. The van der Waals surface area contributed by atoms with E-state index in [9.17, 15) is 4.79 Å². The minimum absolute atomic E-state index is 0.0520. The number of hydrogen-bond acceptors (Lipinski definition) is 5. The zero-order valence-electron chi connectivity index (χ0n) is 22.2. The molecular weight excluding hydrogens is 472 g/mol. The van der Waals surface area contributed by atoms with Crippen LogP contribution >= 0.6 is 0 Å². The van der Waals surface area contributed by atoms with Crippen LogP contribution in [0.15, 0.2) is 40.8 Å². The van der Waals surface area contributed by atoms with Gasteiger partial charge >= 0.3 is 19.5 Å². The molecule has 35 heavy (non-hydrogen) atoms. The Hall–Kier alpha value is -2.52. The van der Waals surface area contributed by atoms with Crippen LogP contribution in [0.4, 0.5) is 0 Å². The Labute approximate surface area is 214 Å². The smallest absolute Gasteiger partial charge is 0.317 e. The highest BCUT2D eigenvalue weighted by atomic mass is 28.2. The zero-order chi connectivity index (χ0) is 26.0. The fourth-order valence-electron chi connectivity index (χ4n) is 2.95. The maximum absolute atomic E-state index is 11.4. The van der Waals surface area contributed by atoms with E-state index in [-0.39, 0.29) is 10.1 Å². The highest BCUT2D eigenvalue weighted by Gasteiger charge is 2.28. The van der Waals surface area contributed by atoms with Crippen LogP contribution in [-0.4, -0.2) is 32.9 Å². The number of ether oxygens (including phenoxy) is 1. The van der Waals surface area contributed by atoms with Gasteiger partial charge in [-0.1, -0.05) is 55.4 Å². The average molecular weight is 509 g/mol. The summed E-state index contributed by atoms with van der Waals surface area (Å²) in [7, 11) is 2.17. The van der Waals surface area contributed by atoms with Gasteiger partial charge in [0.25, 0.3) is 0 Å². The number of aldehydes is 1. The third-order valence-electron chi connectivity index (χ3n) is 6.88. The van der Waals surface area contributed by atoms with Crippen LogP contribution in [0.2, 0.25) is 10.1 Å². The maximum Gasteiger partial charge on any atom is 0.317 e. The molecule has 3 aromatic rings. The second-order valence-corrected chi connectivity index (χ2v) is 14.1. The number of fused-ring (bicyclic) bond motifs is 1. The first-order valence-corrected chi connectivity index (χ1v) is 13.8. The van der Waals surface area contributed by atoms with Gasteiger partial charge < -0.3 is 18.0 Å². The lowest BCUT2D eigenvalue weighted by atomic mass is 9.99. The molecule has 0 saturated carbocycles. The quantitative estimate of drug-likeness (QED) is 0.197. The Balaban J connectivity index is 2.02. The van der Waals surface area contributed by atoms with Gasteiger partial charge in [0.05, 0.1) is 7.11 Å². The molecule has 1 heterocycles. The summed E-state index contributed by atoms with van der Waals surface area (Å²) in [5.74, 6) is 3.66. The van der Waals surface area contributed by atoms with Crippen molar-refractivity contribution in [1.29, 1.82) is 0 Å². The first-order valence-electron chi connectivity index (χ1n) is 12.0. The number of carbonyl (C=O) groups is 1. The molecule has 186 valence electrons. The van der Waals surface area contributed by atoms with E-state index in [1.165, 1.54) is 0 Å². The highest BCUT2D eigenvalue weighted by molar-refractivity contribution is 6.33. The molecule has 0 spiro atoms. The van der Waals surface area contributed by atoms with Crippen molar-refractivity contribution in [3.8, 4) is 28.6 Å². The van der Waals surface area contributed by atoms with E-state index >= 15 is 0 Å². The number of benzene rings is 2. The lowest BCUT2D eigenvalue weighted by Crippen LogP contribution is -2.25. The monoisotopic (exact) mass is 508 g/mol. The molecule has 0 atom stereocenters. The summed E-state index contributed by atoms with van der Waals surface area (Å²) < 4.78 is 24.3. The van der Waals surface area contributed by atoms with Crippen molar-refractivity contribution in [2.24, 2.45) is 11.8 Å². The molecule has 0 N–H and O–H groups in total. The van der Waals surface area contributed by atoms with Crippen molar-refractivity contribution in [1.82, 2.24) is 0 Å². The van der Waals surface area contributed by atoms with Crippen molar-refractivity contribution in [3.63, 3.8) is 0 Å². The number of hydrogen-bond donors (Lipinski definition) is 0. The third-order valence-corrected chi connectivity index (χ3v) is 9.76. The van der Waals surface area contributed by atoms with Gasteiger partial charge in [0, 0.05) is 22.6 Å². The summed E-state index contributed by atoms with van der Waals surface area (Å²) in [6, 6.07) is 11.3. The lowest BCUT2D eigenvalue weighted by molar-refractivity contribution is 0.112. The highest BCUT2D eigenvalue weighted by Crippen LogP contribution is 2.39. The van der Waals surface area contributed by atoms with Gasteiger partial charge in [-0.25, -0.2) is 0 Å². The average Bonchev–Trinajstić information content (AvgIpc) is 3.25. The van der Waals surface area contributed by atoms with Crippen LogP contribution in [0.1, 0.15) is 65.7 Å². The maximum atomic E-state index is 11.4. The van der Waals surface area contributed by atoms with Crippen molar-refractivity contribution >= 4 is 36.8 Å². The number of furan rings is 1. The molecule has 5 nitrogen and oxygen atoms in total. The van der Waals surface area contributed by atoms with Gasteiger partial charge in [0.15, 0.2) is 11.3 Å². The molecule has 1 aromatic heterocycles. The Morgan fingerprint density at radius 2 is 1.37 bits per heavy atom. The van der Waals surface area contributed by atoms with Crippen LogP contribution < -0.4 is 13.6 Å². The molecule has 7 heteroatoms. The Kier molecular flexibility index (Phi) is 8.22. The molecule has 0 bridgehead atoms. The van der Waals surface area contributed by atoms with Gasteiger partial charge in [0.1, 0.15) is 23.5 Å². The van der Waals surface area contributed by atoms with Crippen LogP contribution in [0.3, 0.4) is 0 Å². The number of methoxy groups -OCH3 is 1. The molecule has 0 saturated heterocycles. The van der Waals surface area contributed by atoms with E-state index in [2.05, 4.69) is 55.4 Å². The molecule has 0 aliphatic heterocycles. The Bertz CT molecular complexity index is 1140. The predicted octanol–water partition coefficient (Wildman–Crippen LogP) is 7.63. The summed E-state index contributed by atoms with van der Waals surface area (Å²) in [4.78, 5) is 11.4. The van der Waals surface area contributed by atoms with E-state index in [1.54, 1.807) is 19.2 Å². The Morgan fingerprint density at radius 1 is 0.829 bits per heavy atom. The summed E-state index contributed by atoms with van der Waals surface area (Å²) >= 11 is 0. The van der Waals surface area contributed by atoms with Crippen LogP contribution in [0, 0.1) is 11.8 Å². The summed E-state index contributed by atoms with van der Waals surface area (Å²) in [6.07, 6.45) is 0.809. The molecule has 0 aliphatic carbocycles. The summed E-state index contributed by atoms with van der Waals surface area (Å²) in [5.41, 5.74) is 1.99. The zero-order valence-corrected chi connectivity index (χ0v) is 24.2. The van der Waals surface area contributed by atoms with Gasteiger partial charge in [0.2, 0.25) is 0 Å². The van der Waals surface area contributed by atoms with Crippen LogP contribution in [-0.2, 0) is 0 Å². The van der Waals surface area contributed by atoms with Crippen molar-refractivity contribution in [2.45, 2.75) is 65.5 Å². The van der Waals surface area contributed by atoms with E-state index in [4.69, 9.17) is 18.0 Å². The third kappa shape index (κ3) is 6.38. The standard InChI is InChI=1S/C28H36O5Si2/c1-17(2)27(5,6)34-32-22-12-20(13-23(15-22)33-35-28(7,8)18(3)4)24-14-21-10-19(16-29)11-25(30-9)26(21)31-24/h10-18H,1-9H3. The predicted molar refractivity (Wildman–Crippen MR) is 144 cm³/mol. The molecular formula is C28H36O5Si2. The minimum Gasteiger partial charge on any atom is -0.540 e. The summed E-state index contributed by atoms with van der Waals surface area (Å²) in [6.45, 7) is 17.7. The fraction of sp³-hybridized carbons (Fsp3) is 0.464. The first-order chi connectivity index (χ1) is 16.4. The topological polar surface area (TPSA) is 57.9 Å². The molecule has 2 aromatic carbocycles. The van der Waals surface area contributed by atoms with E-state index in [0.29, 0.717) is 54.0 Å². The number of rotatable bonds is 11. The van der Waals surface area contributed by atoms with Gasteiger partial charge in [-0.3, -0.25) is 4.79 Å². The molecule has 0 amide bonds. The van der Waals surface area contributed by atoms with Gasteiger partial charge in [-0.2, -0.15) is 0 Å². The van der Waals surface area contributed by atoms with Crippen molar-refractivity contribution in [2.75, 3.05) is 7.11 Å². The van der Waals surface area contributed by atoms with Gasteiger partial charge in [-0.05, 0) is 52.2 Å². The van der Waals surface area contributed by atoms with E-state index in [0.717, 1.165) is 28.7 Å². The molecule has 0 unspecified atom stereocenters. The SMILES string of the molecule is COc1cc(C=O)cc2cc(-c3cc(O[Si]C(C)(C)C(C)C)cc(O[Si]C(C)(C)C(C)C)c3)oc12. The first kappa shape index (κ1) is 27.1. The van der Waals surface area contributed by atoms with E-state index < -0.39 is 0 Å². The van der Waals surface area contributed by atoms with Crippen LogP contribution in [0.5, 0.6) is 17.2 Å². The van der Waals surface area contributed by atoms with Crippen molar-refractivity contribution < 1.29 is 22.8 Å². The van der Waals surface area contributed by atoms with Crippen LogP contribution in [0.25, 0.3) is 22.3 Å².